The van der Waals surface area contributed by atoms with Crippen LogP contribution in [0.3, 0.4) is 0 Å². The van der Waals surface area contributed by atoms with Crippen molar-refractivity contribution in [1.29, 1.82) is 0 Å². The smallest absolute Gasteiger partial charge is 0.409 e. The van der Waals surface area contributed by atoms with E-state index in [0.29, 0.717) is 6.54 Å². The monoisotopic (exact) mass is 335 g/mol. The highest BCUT2D eigenvalue weighted by Gasteiger charge is 2.44. The van der Waals surface area contributed by atoms with E-state index in [1.54, 1.807) is 0 Å². The van der Waals surface area contributed by atoms with E-state index in [1.807, 2.05) is 6.92 Å². The fourth-order valence-electron chi connectivity index (χ4n) is 2.15. The van der Waals surface area contributed by atoms with Gasteiger partial charge in [0, 0.05) is 20.4 Å². The number of hydrogen-bond donors (Lipinski definition) is 1. The van der Waals surface area contributed by atoms with Crippen LogP contribution in [0.2, 0.25) is 0 Å². The van der Waals surface area contributed by atoms with Crippen LogP contribution in [-0.4, -0.2) is 55.9 Å². The van der Waals surface area contributed by atoms with Gasteiger partial charge < -0.3 is 24.3 Å². The van der Waals surface area contributed by atoms with Gasteiger partial charge in [0.05, 0.1) is 6.42 Å². The third-order valence-electron chi connectivity index (χ3n) is 3.01. The molecule has 4 atom stereocenters. The quantitative estimate of drug-likeness (QED) is 0.572. The Bertz CT molecular complexity index is 431. The van der Waals surface area contributed by atoms with Gasteiger partial charge in [0.25, 0.3) is 0 Å². The van der Waals surface area contributed by atoms with Gasteiger partial charge in [-0.05, 0) is 6.42 Å². The van der Waals surface area contributed by atoms with Gasteiger partial charge in [0.1, 0.15) is 18.9 Å². The minimum atomic E-state index is -1.19. The molecule has 0 aromatic carbocycles. The zero-order valence-corrected chi connectivity index (χ0v) is 13.4. The van der Waals surface area contributed by atoms with Gasteiger partial charge in [-0.25, -0.2) is 9.18 Å². The van der Waals surface area contributed by atoms with Crippen molar-refractivity contribution in [3.05, 3.63) is 0 Å². The van der Waals surface area contributed by atoms with Crippen molar-refractivity contribution in [3.63, 3.8) is 0 Å². The number of hydrogen-bond acceptors (Lipinski definition) is 7. The molecule has 1 saturated heterocycles. The van der Waals surface area contributed by atoms with Crippen molar-refractivity contribution >= 4 is 18.0 Å². The number of carbonyl (C=O) groups is 3. The fraction of sp³-hybridized carbons (Fsp3) is 0.786. The Labute approximate surface area is 133 Å². The summed E-state index contributed by atoms with van der Waals surface area (Å²) in [6.07, 6.45) is -4.42. The van der Waals surface area contributed by atoms with Crippen LogP contribution >= 0.6 is 0 Å². The van der Waals surface area contributed by atoms with Crippen LogP contribution in [0.4, 0.5) is 9.18 Å². The third kappa shape index (κ3) is 6.39. The standard InChI is InChI=1S/C14H22FNO7/c1-4-5-16-14(19)23-12-6-10(20-8(2)17)13(21-9(3)18)11(7-15)22-12/h10-13H,4-7H2,1-3H3,(H,16,19)/t10-,11-,12+,13-/m1/s1. The molecule has 0 aliphatic carbocycles. The third-order valence-corrected chi connectivity index (χ3v) is 3.01. The zero-order valence-electron chi connectivity index (χ0n) is 13.4. The normalized spacial score (nSPS) is 27.0. The summed E-state index contributed by atoms with van der Waals surface area (Å²) >= 11 is 0. The SMILES string of the molecule is CCCNC(=O)O[C@H]1C[C@@H](OC(C)=O)[C@@H](OC(C)=O)[C@@H](CF)O1. The molecule has 1 rings (SSSR count). The molecule has 1 fully saturated rings. The average Bonchev–Trinajstić information content (AvgIpc) is 2.46. The molecule has 1 aliphatic rings. The maximum atomic E-state index is 13.2. The van der Waals surface area contributed by atoms with E-state index in [0.717, 1.165) is 13.3 Å². The molecule has 0 radical (unpaired) electrons. The van der Waals surface area contributed by atoms with Gasteiger partial charge in [-0.15, -0.1) is 0 Å². The van der Waals surface area contributed by atoms with Crippen molar-refractivity contribution in [2.24, 2.45) is 0 Å². The van der Waals surface area contributed by atoms with E-state index in [2.05, 4.69) is 5.32 Å². The van der Waals surface area contributed by atoms with Crippen molar-refractivity contribution in [1.82, 2.24) is 5.32 Å². The first-order chi connectivity index (χ1) is 10.9. The van der Waals surface area contributed by atoms with Crippen LogP contribution in [-0.2, 0) is 28.5 Å². The zero-order chi connectivity index (χ0) is 17.4. The second-order valence-corrected chi connectivity index (χ2v) is 5.05. The van der Waals surface area contributed by atoms with Crippen LogP contribution < -0.4 is 5.32 Å². The van der Waals surface area contributed by atoms with Crippen molar-refractivity contribution in [2.45, 2.75) is 58.2 Å². The number of carbonyl (C=O) groups excluding carboxylic acids is 3. The molecule has 132 valence electrons. The summed E-state index contributed by atoms with van der Waals surface area (Å²) in [4.78, 5) is 33.9. The molecule has 8 nitrogen and oxygen atoms in total. The highest BCUT2D eigenvalue weighted by atomic mass is 19.1. The number of alkyl carbamates (subject to hydrolysis) is 1. The highest BCUT2D eigenvalue weighted by molar-refractivity contribution is 5.68. The summed E-state index contributed by atoms with van der Waals surface area (Å²) in [5.74, 6) is -1.28. The van der Waals surface area contributed by atoms with Crippen LogP contribution in [0.25, 0.3) is 0 Å². The maximum absolute atomic E-state index is 13.2. The molecule has 1 heterocycles. The number of rotatable bonds is 6. The summed E-state index contributed by atoms with van der Waals surface area (Å²) in [5.41, 5.74) is 0. The molecule has 0 aromatic heterocycles. The summed E-state index contributed by atoms with van der Waals surface area (Å²) in [6.45, 7) is 3.63. The molecule has 1 aliphatic heterocycles. The first-order valence-corrected chi connectivity index (χ1v) is 7.37. The Kier molecular flexibility index (Phi) is 7.73. The fourth-order valence-corrected chi connectivity index (χ4v) is 2.15. The molecule has 0 spiro atoms. The molecule has 1 amide bonds. The van der Waals surface area contributed by atoms with Gasteiger partial charge >= 0.3 is 18.0 Å². The van der Waals surface area contributed by atoms with Gasteiger partial charge in [0.15, 0.2) is 6.10 Å². The average molecular weight is 335 g/mol. The molecular weight excluding hydrogens is 313 g/mol. The van der Waals surface area contributed by atoms with Crippen molar-refractivity contribution < 1.29 is 37.7 Å². The Balaban J connectivity index is 2.77. The van der Waals surface area contributed by atoms with E-state index in [4.69, 9.17) is 18.9 Å². The molecule has 23 heavy (non-hydrogen) atoms. The molecule has 0 bridgehead atoms. The van der Waals surface area contributed by atoms with E-state index in [9.17, 15) is 18.8 Å². The molecule has 1 N–H and O–H groups in total. The van der Waals surface area contributed by atoms with Crippen LogP contribution in [0.5, 0.6) is 0 Å². The predicted octanol–water partition coefficient (Wildman–Crippen LogP) is 1.07. The largest absolute Gasteiger partial charge is 0.458 e. The molecule has 0 aromatic rings. The van der Waals surface area contributed by atoms with Crippen molar-refractivity contribution in [2.75, 3.05) is 13.2 Å². The summed E-state index contributed by atoms with van der Waals surface area (Å²) < 4.78 is 33.5. The number of esters is 2. The van der Waals surface area contributed by atoms with E-state index in [-0.39, 0.29) is 6.42 Å². The minimum Gasteiger partial charge on any atom is -0.458 e. The topological polar surface area (TPSA) is 100 Å². The van der Waals surface area contributed by atoms with Crippen LogP contribution in [0, 0.1) is 0 Å². The Morgan fingerprint density at radius 3 is 2.35 bits per heavy atom. The van der Waals surface area contributed by atoms with Crippen molar-refractivity contribution in [3.8, 4) is 0 Å². The maximum Gasteiger partial charge on any atom is 0.409 e. The Morgan fingerprint density at radius 2 is 1.83 bits per heavy atom. The Hall–Kier alpha value is -1.90. The number of ether oxygens (including phenoxy) is 4. The van der Waals surface area contributed by atoms with E-state index < -0.39 is 49.3 Å². The van der Waals surface area contributed by atoms with E-state index >= 15 is 0 Å². The minimum absolute atomic E-state index is 0.0619. The summed E-state index contributed by atoms with van der Waals surface area (Å²) in [7, 11) is 0. The lowest BCUT2D eigenvalue weighted by molar-refractivity contribution is -0.246. The lowest BCUT2D eigenvalue weighted by Crippen LogP contribution is -2.54. The lowest BCUT2D eigenvalue weighted by Gasteiger charge is -2.38. The second-order valence-electron chi connectivity index (χ2n) is 5.05. The molecule has 0 saturated carbocycles. The molecular formula is C14H22FNO7. The molecule has 0 unspecified atom stereocenters. The first kappa shape index (κ1) is 19.1. The summed E-state index contributed by atoms with van der Waals surface area (Å²) in [6, 6.07) is 0. The molecule has 9 heteroatoms. The van der Waals surface area contributed by atoms with Crippen LogP contribution in [0.1, 0.15) is 33.6 Å². The van der Waals surface area contributed by atoms with Gasteiger partial charge in [-0.1, -0.05) is 6.92 Å². The Morgan fingerprint density at radius 1 is 1.17 bits per heavy atom. The summed E-state index contributed by atoms with van der Waals surface area (Å²) in [5, 5.41) is 2.48. The van der Waals surface area contributed by atoms with E-state index in [1.165, 1.54) is 6.92 Å². The number of halogens is 1. The number of nitrogens with one attached hydrogen (secondary N) is 1. The lowest BCUT2D eigenvalue weighted by atomic mass is 10.0. The van der Waals surface area contributed by atoms with Gasteiger partial charge in [-0.2, -0.15) is 0 Å². The highest BCUT2D eigenvalue weighted by Crippen LogP contribution is 2.27. The van der Waals surface area contributed by atoms with Gasteiger partial charge in [0.2, 0.25) is 6.29 Å². The predicted molar refractivity (Wildman–Crippen MR) is 75.1 cm³/mol. The number of amides is 1. The first-order valence-electron chi connectivity index (χ1n) is 7.37. The second kappa shape index (κ2) is 9.29. The van der Waals surface area contributed by atoms with Gasteiger partial charge in [-0.3, -0.25) is 9.59 Å². The number of alkyl halides is 1. The van der Waals surface area contributed by atoms with Crippen LogP contribution in [0.15, 0.2) is 0 Å².